The summed E-state index contributed by atoms with van der Waals surface area (Å²) in [6.07, 6.45) is 2.05. The molecule has 0 radical (unpaired) electrons. The van der Waals surface area contributed by atoms with E-state index in [1.807, 2.05) is 6.92 Å². The third-order valence-corrected chi connectivity index (χ3v) is 2.49. The molecule has 0 saturated carbocycles. The number of amides is 2. The van der Waals surface area contributed by atoms with Crippen molar-refractivity contribution in [3.63, 3.8) is 0 Å². The first-order valence-corrected chi connectivity index (χ1v) is 5.75. The molecule has 5 heteroatoms. The molecule has 2 amide bonds. The van der Waals surface area contributed by atoms with Gasteiger partial charge in [0, 0.05) is 6.04 Å². The number of nitrogens with two attached hydrogens (primary N) is 1. The van der Waals surface area contributed by atoms with E-state index in [4.69, 9.17) is 5.73 Å². The van der Waals surface area contributed by atoms with Gasteiger partial charge in [-0.3, -0.25) is 9.59 Å². The summed E-state index contributed by atoms with van der Waals surface area (Å²) in [4.78, 5) is 22.2. The van der Waals surface area contributed by atoms with E-state index >= 15 is 0 Å². The maximum atomic E-state index is 11.4. The van der Waals surface area contributed by atoms with Gasteiger partial charge < -0.3 is 16.4 Å². The molecule has 2 atom stereocenters. The van der Waals surface area contributed by atoms with Crippen LogP contribution in [0.25, 0.3) is 0 Å². The average molecular weight is 229 g/mol. The highest BCUT2D eigenvalue weighted by Gasteiger charge is 2.10. The Morgan fingerprint density at radius 2 is 1.88 bits per heavy atom. The fourth-order valence-corrected chi connectivity index (χ4v) is 1.41. The minimum absolute atomic E-state index is 0.000872. The van der Waals surface area contributed by atoms with Gasteiger partial charge in [0.1, 0.15) is 0 Å². The van der Waals surface area contributed by atoms with Gasteiger partial charge in [0.15, 0.2) is 0 Å². The predicted octanol–water partition coefficient (Wildman–Crippen LogP) is 0.00220. The average Bonchev–Trinajstić information content (AvgIpc) is 2.25. The summed E-state index contributed by atoms with van der Waals surface area (Å²) in [6, 6.07) is 0.136. The fourth-order valence-electron chi connectivity index (χ4n) is 1.41. The van der Waals surface area contributed by atoms with Gasteiger partial charge in [-0.2, -0.15) is 0 Å². The molecule has 16 heavy (non-hydrogen) atoms. The highest BCUT2D eigenvalue weighted by atomic mass is 16.2. The molecule has 0 fully saturated rings. The van der Waals surface area contributed by atoms with Gasteiger partial charge in [-0.15, -0.1) is 0 Å². The number of nitrogens with one attached hydrogen (secondary N) is 2. The van der Waals surface area contributed by atoms with E-state index in [0.717, 1.165) is 12.8 Å². The second kappa shape index (κ2) is 8.10. The maximum absolute atomic E-state index is 11.4. The molecule has 2 unspecified atom stereocenters. The molecule has 0 aromatic rings. The molecular weight excluding hydrogens is 206 g/mol. The normalized spacial score (nSPS) is 14.0. The third-order valence-electron chi connectivity index (χ3n) is 2.49. The Hall–Kier alpha value is -1.10. The molecule has 5 nitrogen and oxygen atoms in total. The van der Waals surface area contributed by atoms with Crippen LogP contribution < -0.4 is 16.4 Å². The monoisotopic (exact) mass is 229 g/mol. The van der Waals surface area contributed by atoms with E-state index in [1.165, 1.54) is 0 Å². The first kappa shape index (κ1) is 14.9. The standard InChI is InChI=1S/C11H23N3O2/c1-4-8(2)5-9(3)14-11(16)7-13-10(15)6-12/h8-9H,4-7,12H2,1-3H3,(H,13,15)(H,14,16). The minimum Gasteiger partial charge on any atom is -0.352 e. The molecule has 94 valence electrons. The van der Waals surface area contributed by atoms with Crippen molar-refractivity contribution in [1.29, 1.82) is 0 Å². The summed E-state index contributed by atoms with van der Waals surface area (Å²) in [6.45, 7) is 6.16. The van der Waals surface area contributed by atoms with E-state index in [0.29, 0.717) is 5.92 Å². The first-order chi connectivity index (χ1) is 7.49. The predicted molar refractivity (Wildman–Crippen MR) is 63.7 cm³/mol. The summed E-state index contributed by atoms with van der Waals surface area (Å²) < 4.78 is 0. The van der Waals surface area contributed by atoms with E-state index in [9.17, 15) is 9.59 Å². The molecule has 0 aliphatic heterocycles. The van der Waals surface area contributed by atoms with E-state index < -0.39 is 0 Å². The second-order valence-corrected chi connectivity index (χ2v) is 4.20. The van der Waals surface area contributed by atoms with Crippen molar-refractivity contribution < 1.29 is 9.59 Å². The van der Waals surface area contributed by atoms with E-state index in [2.05, 4.69) is 24.5 Å². The molecule has 4 N–H and O–H groups in total. The smallest absolute Gasteiger partial charge is 0.239 e. The summed E-state index contributed by atoms with van der Waals surface area (Å²) in [5, 5.41) is 5.26. The van der Waals surface area contributed by atoms with E-state index in [-0.39, 0.29) is 30.9 Å². The molecule has 0 heterocycles. The number of hydrogen-bond acceptors (Lipinski definition) is 3. The van der Waals surface area contributed by atoms with Crippen LogP contribution in [-0.4, -0.2) is 30.9 Å². The van der Waals surface area contributed by atoms with Crippen LogP contribution in [0.1, 0.15) is 33.6 Å². The summed E-state index contributed by atoms with van der Waals surface area (Å²) in [7, 11) is 0. The lowest BCUT2D eigenvalue weighted by Crippen LogP contribution is -2.42. The SMILES string of the molecule is CCC(C)CC(C)NC(=O)CNC(=O)CN. The molecule has 0 spiro atoms. The van der Waals surface area contributed by atoms with Crippen LogP contribution in [0.2, 0.25) is 0 Å². The largest absolute Gasteiger partial charge is 0.352 e. The lowest BCUT2D eigenvalue weighted by atomic mass is 10.0. The Bertz CT molecular complexity index is 231. The molecule has 0 aliphatic rings. The summed E-state index contributed by atoms with van der Waals surface area (Å²) >= 11 is 0. The second-order valence-electron chi connectivity index (χ2n) is 4.20. The first-order valence-electron chi connectivity index (χ1n) is 5.75. The van der Waals surface area contributed by atoms with E-state index in [1.54, 1.807) is 0 Å². The Morgan fingerprint density at radius 3 is 2.38 bits per heavy atom. The molecular formula is C11H23N3O2. The lowest BCUT2D eigenvalue weighted by Gasteiger charge is -2.17. The van der Waals surface area contributed by atoms with Crippen LogP contribution in [0.3, 0.4) is 0 Å². The highest BCUT2D eigenvalue weighted by molar-refractivity contribution is 5.85. The van der Waals surface area contributed by atoms with Gasteiger partial charge in [0.05, 0.1) is 13.1 Å². The number of carbonyl (C=O) groups excluding carboxylic acids is 2. The quantitative estimate of drug-likeness (QED) is 0.574. The van der Waals surface area contributed by atoms with Crippen molar-refractivity contribution >= 4 is 11.8 Å². The van der Waals surface area contributed by atoms with Crippen molar-refractivity contribution in [3.8, 4) is 0 Å². The molecule has 0 rings (SSSR count). The summed E-state index contributed by atoms with van der Waals surface area (Å²) in [5.41, 5.74) is 5.10. The molecule has 0 aromatic carbocycles. The topological polar surface area (TPSA) is 84.2 Å². The number of rotatable bonds is 7. The van der Waals surface area contributed by atoms with Gasteiger partial charge in [-0.05, 0) is 19.3 Å². The maximum Gasteiger partial charge on any atom is 0.239 e. The van der Waals surface area contributed by atoms with Crippen LogP contribution in [0.4, 0.5) is 0 Å². The third kappa shape index (κ3) is 7.23. The van der Waals surface area contributed by atoms with Crippen LogP contribution in [0.5, 0.6) is 0 Å². The Labute approximate surface area is 97.2 Å². The zero-order valence-corrected chi connectivity index (χ0v) is 10.4. The van der Waals surface area contributed by atoms with Crippen LogP contribution in [0, 0.1) is 5.92 Å². The van der Waals surface area contributed by atoms with Crippen molar-refractivity contribution in [1.82, 2.24) is 10.6 Å². The lowest BCUT2D eigenvalue weighted by molar-refractivity contribution is -0.125. The van der Waals surface area contributed by atoms with Gasteiger partial charge in [-0.25, -0.2) is 0 Å². The Kier molecular flexibility index (Phi) is 7.54. The highest BCUT2D eigenvalue weighted by Crippen LogP contribution is 2.08. The van der Waals surface area contributed by atoms with Gasteiger partial charge in [0.2, 0.25) is 11.8 Å². The zero-order valence-electron chi connectivity index (χ0n) is 10.4. The molecule has 0 aliphatic carbocycles. The van der Waals surface area contributed by atoms with Gasteiger partial charge in [0.25, 0.3) is 0 Å². The Balaban J connectivity index is 3.74. The van der Waals surface area contributed by atoms with Crippen molar-refractivity contribution in [2.75, 3.05) is 13.1 Å². The van der Waals surface area contributed by atoms with Crippen LogP contribution >= 0.6 is 0 Å². The molecule has 0 aromatic heterocycles. The minimum atomic E-state index is -0.315. The van der Waals surface area contributed by atoms with Gasteiger partial charge in [-0.1, -0.05) is 20.3 Å². The van der Waals surface area contributed by atoms with Crippen LogP contribution in [-0.2, 0) is 9.59 Å². The van der Waals surface area contributed by atoms with Crippen molar-refractivity contribution in [2.24, 2.45) is 11.7 Å². The fraction of sp³-hybridized carbons (Fsp3) is 0.818. The summed E-state index contributed by atoms with van der Waals surface area (Å²) in [5.74, 6) is 0.108. The number of hydrogen-bond donors (Lipinski definition) is 3. The zero-order chi connectivity index (χ0) is 12.6. The number of carbonyl (C=O) groups is 2. The van der Waals surface area contributed by atoms with Crippen molar-refractivity contribution in [3.05, 3.63) is 0 Å². The van der Waals surface area contributed by atoms with Crippen molar-refractivity contribution in [2.45, 2.75) is 39.7 Å². The molecule has 0 saturated heterocycles. The molecule has 0 bridgehead atoms. The Morgan fingerprint density at radius 1 is 1.25 bits per heavy atom. The van der Waals surface area contributed by atoms with Crippen LogP contribution in [0.15, 0.2) is 0 Å². The van der Waals surface area contributed by atoms with Gasteiger partial charge >= 0.3 is 0 Å².